The zero-order chi connectivity index (χ0) is 12.2. The molecule has 96 valence electrons. The summed E-state index contributed by atoms with van der Waals surface area (Å²) in [5, 5.41) is -0.0393. The van der Waals surface area contributed by atoms with Crippen molar-refractivity contribution < 1.29 is 8.42 Å². The van der Waals surface area contributed by atoms with Gasteiger partial charge in [-0.1, -0.05) is 26.7 Å². The third kappa shape index (κ3) is 5.02. The van der Waals surface area contributed by atoms with Gasteiger partial charge >= 0.3 is 0 Å². The van der Waals surface area contributed by atoms with Crippen LogP contribution in [0.4, 0.5) is 0 Å². The molecule has 0 aromatic carbocycles. The van der Waals surface area contributed by atoms with Gasteiger partial charge in [0.15, 0.2) is 0 Å². The van der Waals surface area contributed by atoms with Crippen molar-refractivity contribution in [3.05, 3.63) is 0 Å². The highest BCUT2D eigenvalue weighted by atomic mass is 35.5. The van der Waals surface area contributed by atoms with E-state index in [1.165, 1.54) is 0 Å². The minimum Gasteiger partial charge on any atom is -0.212 e. The van der Waals surface area contributed by atoms with Gasteiger partial charge in [0, 0.05) is 11.4 Å². The minimum atomic E-state index is -3.14. The monoisotopic (exact) mass is 267 g/mol. The Hall–Kier alpha value is 0.200. The van der Waals surface area contributed by atoms with Crippen LogP contribution in [0.2, 0.25) is 0 Å². The lowest BCUT2D eigenvalue weighted by Gasteiger charge is -2.27. The van der Waals surface area contributed by atoms with Crippen molar-refractivity contribution >= 4 is 21.6 Å². The van der Waals surface area contributed by atoms with E-state index in [9.17, 15) is 8.42 Å². The third-order valence-corrected chi connectivity index (χ3v) is 4.93. The van der Waals surface area contributed by atoms with Gasteiger partial charge in [-0.2, -0.15) is 0 Å². The Bertz CT molecular complexity index is 303. The van der Waals surface area contributed by atoms with Crippen LogP contribution in [0.25, 0.3) is 0 Å². The lowest BCUT2D eigenvalue weighted by atomic mass is 9.96. The largest absolute Gasteiger partial charge is 0.212 e. The Kier molecular flexibility index (Phi) is 5.54. The molecule has 0 aliphatic heterocycles. The van der Waals surface area contributed by atoms with Crippen LogP contribution < -0.4 is 4.72 Å². The highest BCUT2D eigenvalue weighted by Crippen LogP contribution is 2.23. The fourth-order valence-corrected chi connectivity index (χ4v) is 3.96. The standard InChI is InChI=1S/C11H22ClNO2S/c1-9(2)7-8-16(14,15)13-11-6-4-3-5-10(11)12/h9-11,13H,3-8H2,1-2H3. The third-order valence-electron chi connectivity index (χ3n) is 2.98. The maximum Gasteiger partial charge on any atom is 0.211 e. The Morgan fingerprint density at radius 3 is 2.50 bits per heavy atom. The smallest absolute Gasteiger partial charge is 0.211 e. The molecule has 1 N–H and O–H groups in total. The Morgan fingerprint density at radius 1 is 1.31 bits per heavy atom. The molecule has 0 amide bonds. The molecule has 1 fully saturated rings. The van der Waals surface area contributed by atoms with E-state index in [1.807, 2.05) is 13.8 Å². The molecule has 0 radical (unpaired) electrons. The maximum atomic E-state index is 11.8. The lowest BCUT2D eigenvalue weighted by Crippen LogP contribution is -2.43. The van der Waals surface area contributed by atoms with Crippen molar-refractivity contribution in [3.63, 3.8) is 0 Å². The number of alkyl halides is 1. The molecular formula is C11H22ClNO2S. The Labute approximate surface area is 104 Å². The molecule has 16 heavy (non-hydrogen) atoms. The lowest BCUT2D eigenvalue weighted by molar-refractivity contribution is 0.417. The molecule has 1 rings (SSSR count). The summed E-state index contributed by atoms with van der Waals surface area (Å²) in [5.41, 5.74) is 0. The van der Waals surface area contributed by atoms with Crippen molar-refractivity contribution in [2.24, 2.45) is 5.92 Å². The number of nitrogens with one attached hydrogen (secondary N) is 1. The molecule has 0 aromatic heterocycles. The van der Waals surface area contributed by atoms with Crippen LogP contribution in [0.15, 0.2) is 0 Å². The predicted molar refractivity (Wildman–Crippen MR) is 68.3 cm³/mol. The predicted octanol–water partition coefficient (Wildman–Crippen LogP) is 2.50. The quantitative estimate of drug-likeness (QED) is 0.778. The Morgan fingerprint density at radius 2 is 1.94 bits per heavy atom. The van der Waals surface area contributed by atoms with E-state index in [2.05, 4.69) is 4.72 Å². The summed E-state index contributed by atoms with van der Waals surface area (Å²) in [4.78, 5) is 0. The van der Waals surface area contributed by atoms with Gasteiger partial charge in [0.05, 0.1) is 5.75 Å². The fourth-order valence-electron chi connectivity index (χ4n) is 1.90. The molecule has 2 atom stereocenters. The van der Waals surface area contributed by atoms with Gasteiger partial charge in [-0.25, -0.2) is 13.1 Å². The first kappa shape index (κ1) is 14.3. The molecule has 3 nitrogen and oxygen atoms in total. The van der Waals surface area contributed by atoms with E-state index in [1.54, 1.807) is 0 Å². The van der Waals surface area contributed by atoms with Gasteiger partial charge in [0.25, 0.3) is 0 Å². The molecule has 0 saturated heterocycles. The summed E-state index contributed by atoms with van der Waals surface area (Å²) in [6.07, 6.45) is 4.67. The summed E-state index contributed by atoms with van der Waals surface area (Å²) < 4.78 is 26.3. The van der Waals surface area contributed by atoms with E-state index < -0.39 is 10.0 Å². The molecule has 1 aliphatic rings. The zero-order valence-corrected chi connectivity index (χ0v) is 11.6. The molecule has 0 spiro atoms. The summed E-state index contributed by atoms with van der Waals surface area (Å²) in [7, 11) is -3.14. The molecule has 0 heterocycles. The normalized spacial score (nSPS) is 27.2. The van der Waals surface area contributed by atoms with E-state index in [4.69, 9.17) is 11.6 Å². The van der Waals surface area contributed by atoms with Crippen LogP contribution in [0.1, 0.15) is 46.0 Å². The minimum absolute atomic E-state index is 0.0393. The molecule has 2 unspecified atom stereocenters. The summed E-state index contributed by atoms with van der Waals surface area (Å²) in [6, 6.07) is -0.0624. The number of hydrogen-bond acceptors (Lipinski definition) is 2. The maximum absolute atomic E-state index is 11.8. The first-order valence-corrected chi connectivity index (χ1v) is 8.13. The molecule has 1 saturated carbocycles. The highest BCUT2D eigenvalue weighted by Gasteiger charge is 2.27. The SMILES string of the molecule is CC(C)CCS(=O)(=O)NC1CCCCC1Cl. The number of hydrogen-bond donors (Lipinski definition) is 1. The van der Waals surface area contributed by atoms with E-state index in [0.29, 0.717) is 12.3 Å². The van der Waals surface area contributed by atoms with E-state index in [0.717, 1.165) is 25.7 Å². The number of sulfonamides is 1. The van der Waals surface area contributed by atoms with Crippen molar-refractivity contribution in [2.45, 2.75) is 57.4 Å². The molecule has 5 heteroatoms. The van der Waals surface area contributed by atoms with Gasteiger partial charge in [0.1, 0.15) is 0 Å². The summed E-state index contributed by atoms with van der Waals surface area (Å²) in [6.45, 7) is 4.06. The van der Waals surface area contributed by atoms with Crippen LogP contribution in [0.3, 0.4) is 0 Å². The van der Waals surface area contributed by atoms with Crippen LogP contribution in [0, 0.1) is 5.92 Å². The van der Waals surface area contributed by atoms with Gasteiger partial charge in [0.2, 0.25) is 10.0 Å². The van der Waals surface area contributed by atoms with Crippen LogP contribution in [-0.2, 0) is 10.0 Å². The van der Waals surface area contributed by atoms with Gasteiger partial charge in [-0.3, -0.25) is 0 Å². The van der Waals surface area contributed by atoms with Gasteiger partial charge < -0.3 is 0 Å². The second-order valence-corrected chi connectivity index (χ2v) is 7.46. The molecule has 1 aliphatic carbocycles. The van der Waals surface area contributed by atoms with Gasteiger partial charge in [-0.15, -0.1) is 11.6 Å². The van der Waals surface area contributed by atoms with Gasteiger partial charge in [-0.05, 0) is 25.2 Å². The highest BCUT2D eigenvalue weighted by molar-refractivity contribution is 7.89. The topological polar surface area (TPSA) is 46.2 Å². The average Bonchev–Trinajstić information content (AvgIpc) is 2.19. The van der Waals surface area contributed by atoms with Crippen LogP contribution in [0.5, 0.6) is 0 Å². The molecule has 0 bridgehead atoms. The zero-order valence-electron chi connectivity index (χ0n) is 10.1. The number of halogens is 1. The molecule has 0 aromatic rings. The van der Waals surface area contributed by atoms with E-state index >= 15 is 0 Å². The van der Waals surface area contributed by atoms with Crippen LogP contribution in [-0.4, -0.2) is 25.6 Å². The fraction of sp³-hybridized carbons (Fsp3) is 1.00. The first-order chi connectivity index (χ1) is 7.41. The summed E-state index contributed by atoms with van der Waals surface area (Å²) >= 11 is 6.12. The van der Waals surface area contributed by atoms with Crippen molar-refractivity contribution in [1.29, 1.82) is 0 Å². The van der Waals surface area contributed by atoms with Crippen molar-refractivity contribution in [1.82, 2.24) is 4.72 Å². The summed E-state index contributed by atoms with van der Waals surface area (Å²) in [5.74, 6) is 0.625. The van der Waals surface area contributed by atoms with Crippen molar-refractivity contribution in [3.8, 4) is 0 Å². The second-order valence-electron chi connectivity index (χ2n) is 5.03. The van der Waals surface area contributed by atoms with Crippen LogP contribution >= 0.6 is 11.6 Å². The molecular weight excluding hydrogens is 246 g/mol. The average molecular weight is 268 g/mol. The second kappa shape index (κ2) is 6.22. The van der Waals surface area contributed by atoms with E-state index in [-0.39, 0.29) is 17.2 Å². The first-order valence-electron chi connectivity index (χ1n) is 6.05. The number of rotatable bonds is 5. The Balaban J connectivity index is 2.44. The van der Waals surface area contributed by atoms with Crippen molar-refractivity contribution in [2.75, 3.05) is 5.75 Å².